The molecule has 2 aromatic heterocycles. The molecule has 0 aliphatic rings. The van der Waals surface area contributed by atoms with E-state index < -0.39 is 11.2 Å². The second-order valence-corrected chi connectivity index (χ2v) is 7.52. The number of hydrogen-bond acceptors (Lipinski definition) is 5. The summed E-state index contributed by atoms with van der Waals surface area (Å²) in [5, 5.41) is 11.8. The number of hydrogen-bond donors (Lipinski definition) is 2. The van der Waals surface area contributed by atoms with E-state index in [0.29, 0.717) is 28.2 Å². The van der Waals surface area contributed by atoms with Gasteiger partial charge in [-0.25, -0.2) is 9.36 Å². The number of anilines is 1. The number of benzene rings is 2. The topological polar surface area (TPSA) is 95.4 Å². The van der Waals surface area contributed by atoms with Crippen molar-refractivity contribution in [2.24, 2.45) is 0 Å². The number of amides is 1. The van der Waals surface area contributed by atoms with Gasteiger partial charge in [-0.1, -0.05) is 30.3 Å². The predicted molar refractivity (Wildman–Crippen MR) is 118 cm³/mol. The Kier molecular flexibility index (Phi) is 5.35. The highest BCUT2D eigenvalue weighted by Gasteiger charge is 2.20. The van der Waals surface area contributed by atoms with Crippen molar-refractivity contribution < 1.29 is 9.90 Å². The van der Waals surface area contributed by atoms with Crippen molar-refractivity contribution in [2.45, 2.75) is 13.5 Å². The molecule has 4 aromatic rings. The van der Waals surface area contributed by atoms with E-state index in [2.05, 4.69) is 4.98 Å². The molecule has 0 bridgehead atoms. The molecule has 2 N–H and O–H groups in total. The minimum absolute atomic E-state index is 0.215. The standard InChI is InChI=1S/C22H19N3O4S/c1-2-24(16-8-4-3-5-9-16)20(27)15-11-18(30-13-15)25-21(28)19-14(12-26)7-6-10-17(19)23-22(25)29/h3-11,13,26H,2,12H2,1H3,(H,23,29). The molecule has 8 heteroatoms. The lowest BCUT2D eigenvalue weighted by Crippen LogP contribution is -2.33. The molecular weight excluding hydrogens is 402 g/mol. The zero-order valence-corrected chi connectivity index (χ0v) is 17.0. The maximum Gasteiger partial charge on any atom is 0.334 e. The number of nitrogens with zero attached hydrogens (tertiary/aromatic N) is 2. The van der Waals surface area contributed by atoms with Gasteiger partial charge in [0, 0.05) is 17.6 Å². The second kappa shape index (κ2) is 8.10. The maximum absolute atomic E-state index is 13.1. The Labute approximate surface area is 175 Å². The fourth-order valence-corrected chi connectivity index (χ4v) is 4.31. The Bertz CT molecular complexity index is 1340. The van der Waals surface area contributed by atoms with Crippen molar-refractivity contribution in [3.63, 3.8) is 0 Å². The summed E-state index contributed by atoms with van der Waals surface area (Å²) in [5.74, 6) is -0.215. The van der Waals surface area contributed by atoms with Crippen molar-refractivity contribution >= 4 is 33.8 Å². The van der Waals surface area contributed by atoms with Crippen LogP contribution in [0.2, 0.25) is 0 Å². The number of carbonyl (C=O) groups excluding carboxylic acids is 1. The molecule has 152 valence electrons. The molecule has 0 spiro atoms. The predicted octanol–water partition coefficient (Wildman–Crippen LogP) is 2.90. The van der Waals surface area contributed by atoms with Gasteiger partial charge >= 0.3 is 5.69 Å². The summed E-state index contributed by atoms with van der Waals surface area (Å²) >= 11 is 1.14. The summed E-state index contributed by atoms with van der Waals surface area (Å²) in [7, 11) is 0. The minimum atomic E-state index is -0.598. The van der Waals surface area contributed by atoms with Gasteiger partial charge in [0.25, 0.3) is 11.5 Å². The Morgan fingerprint density at radius 1 is 1.13 bits per heavy atom. The van der Waals surface area contributed by atoms with Crippen LogP contribution in [-0.2, 0) is 6.61 Å². The van der Waals surface area contributed by atoms with Crippen molar-refractivity contribution in [3.8, 4) is 5.00 Å². The number of H-pyrrole nitrogens is 1. The van der Waals surface area contributed by atoms with Gasteiger partial charge in [-0.2, -0.15) is 0 Å². The van der Waals surface area contributed by atoms with Crippen molar-refractivity contribution in [2.75, 3.05) is 11.4 Å². The molecule has 2 heterocycles. The lowest BCUT2D eigenvalue weighted by atomic mass is 10.1. The lowest BCUT2D eigenvalue weighted by molar-refractivity contribution is 0.0988. The van der Waals surface area contributed by atoms with E-state index in [1.54, 1.807) is 34.5 Å². The quantitative estimate of drug-likeness (QED) is 0.518. The van der Waals surface area contributed by atoms with Gasteiger partial charge in [0.1, 0.15) is 5.00 Å². The van der Waals surface area contributed by atoms with Crippen molar-refractivity contribution in [1.29, 1.82) is 0 Å². The Morgan fingerprint density at radius 2 is 1.90 bits per heavy atom. The Balaban J connectivity index is 1.79. The number of aliphatic hydroxyl groups is 1. The van der Waals surface area contributed by atoms with Gasteiger partial charge in [0.15, 0.2) is 0 Å². The number of nitrogens with one attached hydrogen (secondary N) is 1. The van der Waals surface area contributed by atoms with E-state index in [4.69, 9.17) is 0 Å². The smallest absolute Gasteiger partial charge is 0.334 e. The number of thiophene rings is 1. The third-order valence-corrected chi connectivity index (χ3v) is 5.78. The summed E-state index contributed by atoms with van der Waals surface area (Å²) < 4.78 is 1.00. The molecule has 2 aromatic carbocycles. The van der Waals surface area contributed by atoms with E-state index in [1.165, 1.54) is 0 Å². The highest BCUT2D eigenvalue weighted by molar-refractivity contribution is 7.12. The van der Waals surface area contributed by atoms with Gasteiger partial charge in [0.2, 0.25) is 0 Å². The van der Waals surface area contributed by atoms with Crippen LogP contribution < -0.4 is 16.1 Å². The van der Waals surface area contributed by atoms with Crippen LogP contribution in [0.1, 0.15) is 22.8 Å². The van der Waals surface area contributed by atoms with Crippen LogP contribution in [0.3, 0.4) is 0 Å². The number of carbonyl (C=O) groups is 1. The number of para-hydroxylation sites is 1. The van der Waals surface area contributed by atoms with Gasteiger partial charge in [0.05, 0.1) is 23.1 Å². The van der Waals surface area contributed by atoms with E-state index in [-0.39, 0.29) is 17.9 Å². The maximum atomic E-state index is 13.1. The fraction of sp³-hybridized carbons (Fsp3) is 0.136. The van der Waals surface area contributed by atoms with Gasteiger partial charge in [-0.15, -0.1) is 11.3 Å². The second-order valence-electron chi connectivity index (χ2n) is 6.63. The Hall–Kier alpha value is -3.49. The minimum Gasteiger partial charge on any atom is -0.392 e. The number of aromatic amines is 1. The van der Waals surface area contributed by atoms with Crippen LogP contribution in [0.4, 0.5) is 5.69 Å². The van der Waals surface area contributed by atoms with Gasteiger partial charge in [-0.3, -0.25) is 9.59 Å². The van der Waals surface area contributed by atoms with Crippen LogP contribution in [0.15, 0.2) is 69.6 Å². The average Bonchev–Trinajstić information content (AvgIpc) is 3.24. The summed E-state index contributed by atoms with van der Waals surface area (Å²) in [6.45, 7) is 2.03. The third-order valence-electron chi connectivity index (χ3n) is 4.86. The van der Waals surface area contributed by atoms with Crippen molar-refractivity contribution in [3.05, 3.63) is 91.9 Å². The Morgan fingerprint density at radius 3 is 2.60 bits per heavy atom. The molecule has 7 nitrogen and oxygen atoms in total. The number of aromatic nitrogens is 2. The van der Waals surface area contributed by atoms with Crippen molar-refractivity contribution in [1.82, 2.24) is 9.55 Å². The molecule has 0 fully saturated rings. The van der Waals surface area contributed by atoms with Gasteiger partial charge < -0.3 is 15.0 Å². The first-order valence-electron chi connectivity index (χ1n) is 9.38. The summed E-state index contributed by atoms with van der Waals surface area (Å²) in [4.78, 5) is 43.0. The fourth-order valence-electron chi connectivity index (χ4n) is 3.43. The van der Waals surface area contributed by atoms with E-state index in [9.17, 15) is 19.5 Å². The van der Waals surface area contributed by atoms with Crippen LogP contribution in [-0.4, -0.2) is 27.1 Å². The van der Waals surface area contributed by atoms with E-state index >= 15 is 0 Å². The molecular formula is C22H19N3O4S. The molecule has 30 heavy (non-hydrogen) atoms. The molecule has 1 amide bonds. The molecule has 0 aliphatic heterocycles. The first-order chi connectivity index (χ1) is 14.5. The first kappa shape index (κ1) is 19.8. The lowest BCUT2D eigenvalue weighted by Gasteiger charge is -2.20. The molecule has 0 unspecified atom stereocenters. The SMILES string of the molecule is CCN(C(=O)c1csc(-n2c(=O)[nH]c3cccc(CO)c3c2=O)c1)c1ccccc1. The number of rotatable bonds is 5. The first-order valence-corrected chi connectivity index (χ1v) is 10.3. The van der Waals surface area contributed by atoms with Crippen LogP contribution in [0, 0.1) is 0 Å². The third kappa shape index (κ3) is 3.36. The monoisotopic (exact) mass is 421 g/mol. The summed E-state index contributed by atoms with van der Waals surface area (Å²) in [6.07, 6.45) is 0. The number of fused-ring (bicyclic) bond motifs is 1. The molecule has 0 radical (unpaired) electrons. The normalized spacial score (nSPS) is 11.0. The highest BCUT2D eigenvalue weighted by Crippen LogP contribution is 2.22. The highest BCUT2D eigenvalue weighted by atomic mass is 32.1. The molecule has 0 saturated carbocycles. The van der Waals surface area contributed by atoms with Gasteiger partial charge in [-0.05, 0) is 36.8 Å². The van der Waals surface area contributed by atoms with Crippen LogP contribution >= 0.6 is 11.3 Å². The van der Waals surface area contributed by atoms with E-state index in [1.807, 2.05) is 37.3 Å². The zero-order chi connectivity index (χ0) is 21.3. The van der Waals surface area contributed by atoms with Crippen LogP contribution in [0.25, 0.3) is 15.9 Å². The zero-order valence-electron chi connectivity index (χ0n) is 16.2. The number of aliphatic hydroxyl groups excluding tert-OH is 1. The average molecular weight is 421 g/mol. The largest absolute Gasteiger partial charge is 0.392 e. The van der Waals surface area contributed by atoms with Crippen LogP contribution in [0.5, 0.6) is 0 Å². The summed E-state index contributed by atoms with van der Waals surface area (Å²) in [6, 6.07) is 15.8. The molecule has 0 saturated heterocycles. The summed E-state index contributed by atoms with van der Waals surface area (Å²) in [5.41, 5.74) is 0.820. The molecule has 0 aliphatic carbocycles. The molecule has 0 atom stereocenters. The molecule has 4 rings (SSSR count). The van der Waals surface area contributed by atoms with E-state index in [0.717, 1.165) is 21.6 Å².